The summed E-state index contributed by atoms with van der Waals surface area (Å²) < 4.78 is 17.6. The molecule has 8 heteroatoms. The van der Waals surface area contributed by atoms with Gasteiger partial charge in [-0.15, -0.1) is 16.8 Å². The van der Waals surface area contributed by atoms with Gasteiger partial charge in [0.1, 0.15) is 18.1 Å². The molecule has 0 aliphatic rings. The number of methoxy groups -OCH3 is 1. The van der Waals surface area contributed by atoms with Crippen molar-refractivity contribution in [2.75, 3.05) is 19.5 Å². The molecule has 0 saturated heterocycles. The maximum Gasteiger partial charge on any atom is 0.316 e. The third-order valence-corrected chi connectivity index (χ3v) is 4.10. The van der Waals surface area contributed by atoms with E-state index in [4.69, 9.17) is 14.2 Å². The van der Waals surface area contributed by atoms with Crippen LogP contribution in [0.15, 0.2) is 42.1 Å². The lowest BCUT2D eigenvalue weighted by Crippen LogP contribution is -2.10. The summed E-state index contributed by atoms with van der Waals surface area (Å²) in [5.74, 6) is 2.02. The Balaban J connectivity index is 2.01. The average molecular weight is 363 g/mol. The molecule has 1 aromatic carbocycles. The molecule has 7 nitrogen and oxygen atoms in total. The van der Waals surface area contributed by atoms with Crippen molar-refractivity contribution in [3.8, 4) is 11.5 Å². The van der Waals surface area contributed by atoms with Crippen LogP contribution < -0.4 is 9.47 Å². The summed E-state index contributed by atoms with van der Waals surface area (Å²) >= 11 is 1.28. The summed E-state index contributed by atoms with van der Waals surface area (Å²) in [5.41, 5.74) is 0. The normalized spacial score (nSPS) is 10.3. The lowest BCUT2D eigenvalue weighted by atomic mass is 10.3. The average Bonchev–Trinajstić information content (AvgIpc) is 3.01. The monoisotopic (exact) mass is 363 g/mol. The summed E-state index contributed by atoms with van der Waals surface area (Å²) in [7, 11) is 1.61. The third kappa shape index (κ3) is 5.53. The highest BCUT2D eigenvalue weighted by Crippen LogP contribution is 2.20. The number of carbonyl (C=O) groups excluding carboxylic acids is 1. The minimum absolute atomic E-state index is 0.183. The van der Waals surface area contributed by atoms with Gasteiger partial charge < -0.3 is 14.2 Å². The molecule has 0 aliphatic carbocycles. The number of benzene rings is 1. The fraction of sp³-hybridized carbons (Fsp3) is 0.353. The van der Waals surface area contributed by atoms with Crippen molar-refractivity contribution >= 4 is 17.7 Å². The van der Waals surface area contributed by atoms with E-state index in [9.17, 15) is 4.79 Å². The molecule has 25 heavy (non-hydrogen) atoms. The zero-order valence-corrected chi connectivity index (χ0v) is 15.1. The molecule has 0 radical (unpaired) electrons. The van der Waals surface area contributed by atoms with Gasteiger partial charge in [0.25, 0.3) is 0 Å². The van der Waals surface area contributed by atoms with Gasteiger partial charge in [-0.2, -0.15) is 0 Å². The molecule has 0 fully saturated rings. The Morgan fingerprint density at radius 1 is 1.28 bits per heavy atom. The Morgan fingerprint density at radius 2 is 2.00 bits per heavy atom. The van der Waals surface area contributed by atoms with Crippen LogP contribution in [-0.4, -0.2) is 40.2 Å². The third-order valence-electron chi connectivity index (χ3n) is 3.16. The first-order chi connectivity index (χ1) is 12.2. The van der Waals surface area contributed by atoms with Crippen molar-refractivity contribution in [1.29, 1.82) is 0 Å². The quantitative estimate of drug-likeness (QED) is 0.365. The van der Waals surface area contributed by atoms with E-state index in [1.165, 1.54) is 11.8 Å². The second kappa shape index (κ2) is 9.73. The topological polar surface area (TPSA) is 75.5 Å². The van der Waals surface area contributed by atoms with Gasteiger partial charge in [0.2, 0.25) is 0 Å². The smallest absolute Gasteiger partial charge is 0.316 e. The number of allylic oxidation sites excluding steroid dienone is 1. The van der Waals surface area contributed by atoms with Gasteiger partial charge in [0.15, 0.2) is 11.0 Å². The van der Waals surface area contributed by atoms with Gasteiger partial charge in [0.05, 0.1) is 19.5 Å². The molecule has 0 spiro atoms. The summed E-state index contributed by atoms with van der Waals surface area (Å²) in [6, 6.07) is 7.29. The zero-order chi connectivity index (χ0) is 18.1. The lowest BCUT2D eigenvalue weighted by Gasteiger charge is -2.09. The Hall–Kier alpha value is -2.48. The summed E-state index contributed by atoms with van der Waals surface area (Å²) in [4.78, 5) is 11.5. The van der Waals surface area contributed by atoms with Crippen molar-refractivity contribution in [1.82, 2.24) is 14.8 Å². The van der Waals surface area contributed by atoms with Crippen molar-refractivity contribution in [3.05, 3.63) is 42.7 Å². The van der Waals surface area contributed by atoms with Crippen LogP contribution in [0.1, 0.15) is 12.7 Å². The molecule has 2 aromatic rings. The van der Waals surface area contributed by atoms with Crippen molar-refractivity contribution in [2.45, 2.75) is 25.2 Å². The molecule has 0 atom stereocenters. The van der Waals surface area contributed by atoms with Gasteiger partial charge in [-0.3, -0.25) is 9.36 Å². The van der Waals surface area contributed by atoms with E-state index in [2.05, 4.69) is 16.8 Å². The largest absolute Gasteiger partial charge is 0.497 e. The van der Waals surface area contributed by atoms with Gasteiger partial charge in [-0.1, -0.05) is 17.8 Å². The second-order valence-electron chi connectivity index (χ2n) is 4.86. The Kier molecular flexibility index (Phi) is 7.34. The number of hydrogen-bond donors (Lipinski definition) is 0. The molecule has 134 valence electrons. The first-order valence-electron chi connectivity index (χ1n) is 7.76. The number of esters is 1. The van der Waals surface area contributed by atoms with Crippen LogP contribution in [0.2, 0.25) is 0 Å². The van der Waals surface area contributed by atoms with Crippen LogP contribution in [0.5, 0.6) is 11.5 Å². The summed E-state index contributed by atoms with van der Waals surface area (Å²) in [6.07, 6.45) is 1.74. The van der Waals surface area contributed by atoms with Crippen LogP contribution in [0.4, 0.5) is 0 Å². The molecule has 0 aliphatic heterocycles. The second-order valence-corrected chi connectivity index (χ2v) is 5.80. The molecule has 1 heterocycles. The van der Waals surface area contributed by atoms with E-state index in [0.717, 1.165) is 5.75 Å². The van der Waals surface area contributed by atoms with Gasteiger partial charge >= 0.3 is 5.97 Å². The fourth-order valence-corrected chi connectivity index (χ4v) is 2.76. The molecule has 1 aromatic heterocycles. The first-order valence-corrected chi connectivity index (χ1v) is 8.74. The van der Waals surface area contributed by atoms with Crippen LogP contribution in [0, 0.1) is 0 Å². The van der Waals surface area contributed by atoms with Crippen LogP contribution in [-0.2, 0) is 22.7 Å². The number of ether oxygens (including phenoxy) is 3. The minimum atomic E-state index is -0.281. The molecular formula is C17H21N3O4S. The molecular weight excluding hydrogens is 342 g/mol. The molecule has 0 amide bonds. The number of rotatable bonds is 10. The fourth-order valence-electron chi connectivity index (χ4n) is 1.99. The summed E-state index contributed by atoms with van der Waals surface area (Å²) in [5, 5.41) is 8.90. The van der Waals surface area contributed by atoms with E-state index >= 15 is 0 Å². The van der Waals surface area contributed by atoms with Gasteiger partial charge in [0, 0.05) is 6.54 Å². The highest BCUT2D eigenvalue weighted by Gasteiger charge is 2.14. The van der Waals surface area contributed by atoms with Crippen molar-refractivity contribution in [3.63, 3.8) is 0 Å². The number of nitrogens with zero attached hydrogens (tertiary/aromatic N) is 3. The van der Waals surface area contributed by atoms with Crippen LogP contribution in [0.3, 0.4) is 0 Å². The highest BCUT2D eigenvalue weighted by molar-refractivity contribution is 7.99. The molecule has 2 rings (SSSR count). The predicted molar refractivity (Wildman–Crippen MR) is 94.9 cm³/mol. The van der Waals surface area contributed by atoms with Crippen LogP contribution in [0.25, 0.3) is 0 Å². The first kappa shape index (κ1) is 18.9. The van der Waals surface area contributed by atoms with E-state index in [1.54, 1.807) is 20.1 Å². The Morgan fingerprint density at radius 3 is 2.64 bits per heavy atom. The number of carbonyl (C=O) groups is 1. The molecule has 0 saturated carbocycles. The maximum absolute atomic E-state index is 11.5. The number of thioether (sulfide) groups is 1. The SMILES string of the molecule is C=CCn1c(COc2ccc(OC)cc2)nnc1SCC(=O)OCC. The summed E-state index contributed by atoms with van der Waals surface area (Å²) in [6.45, 7) is 6.67. The van der Waals surface area contributed by atoms with Crippen LogP contribution >= 0.6 is 11.8 Å². The van der Waals surface area contributed by atoms with Crippen molar-refractivity contribution < 1.29 is 19.0 Å². The lowest BCUT2D eigenvalue weighted by molar-refractivity contribution is -0.139. The molecule has 0 unspecified atom stereocenters. The Bertz CT molecular complexity index is 700. The molecule has 0 bridgehead atoms. The van der Waals surface area contributed by atoms with E-state index < -0.39 is 0 Å². The van der Waals surface area contributed by atoms with Gasteiger partial charge in [-0.25, -0.2) is 0 Å². The Labute approximate surface area is 151 Å². The van der Waals surface area contributed by atoms with Gasteiger partial charge in [-0.05, 0) is 31.2 Å². The maximum atomic E-state index is 11.5. The van der Waals surface area contributed by atoms with E-state index in [1.807, 2.05) is 28.8 Å². The molecule has 0 N–H and O–H groups in total. The number of aromatic nitrogens is 3. The number of hydrogen-bond acceptors (Lipinski definition) is 7. The van der Waals surface area contributed by atoms with E-state index in [-0.39, 0.29) is 18.3 Å². The standard InChI is InChI=1S/C17H21N3O4S/c1-4-10-20-15(11-24-14-8-6-13(22-3)7-9-14)18-19-17(20)25-12-16(21)23-5-2/h4,6-9H,1,5,10-12H2,2-3H3. The zero-order valence-electron chi connectivity index (χ0n) is 14.3. The predicted octanol–water partition coefficient (Wildman–Crippen LogP) is 2.71. The van der Waals surface area contributed by atoms with Crippen molar-refractivity contribution in [2.24, 2.45) is 0 Å². The minimum Gasteiger partial charge on any atom is -0.497 e. The van der Waals surface area contributed by atoms with E-state index in [0.29, 0.717) is 29.9 Å². The highest BCUT2D eigenvalue weighted by atomic mass is 32.2.